The predicted molar refractivity (Wildman–Crippen MR) is 77.0 cm³/mol. The second-order valence-corrected chi connectivity index (χ2v) is 4.83. The molecule has 1 amide bonds. The number of hydrogen-bond donors (Lipinski definition) is 1. The lowest BCUT2D eigenvalue weighted by molar-refractivity contribution is 0.0779. The molecule has 21 heavy (non-hydrogen) atoms. The fourth-order valence-corrected chi connectivity index (χ4v) is 2.11. The number of nitrogens with zero attached hydrogens (tertiary/aromatic N) is 2. The molecule has 2 N–H and O–H groups in total. The van der Waals surface area contributed by atoms with E-state index in [1.54, 1.807) is 24.1 Å². The summed E-state index contributed by atoms with van der Waals surface area (Å²) >= 11 is 0. The van der Waals surface area contributed by atoms with Gasteiger partial charge in [0.05, 0.1) is 11.9 Å². The van der Waals surface area contributed by atoms with Crippen molar-refractivity contribution in [3.63, 3.8) is 0 Å². The molecule has 0 spiro atoms. The number of benzene rings is 1. The summed E-state index contributed by atoms with van der Waals surface area (Å²) in [5.74, 6) is 1.28. The fraction of sp³-hybridized carbons (Fsp3) is 0.200. The topological polar surface area (TPSA) is 77.7 Å². The Labute approximate surface area is 122 Å². The van der Waals surface area contributed by atoms with Crippen molar-refractivity contribution in [2.45, 2.75) is 6.54 Å². The minimum Gasteiger partial charge on any atom is -0.454 e. The number of carbonyl (C=O) groups is 1. The van der Waals surface area contributed by atoms with Gasteiger partial charge in [-0.05, 0) is 29.8 Å². The van der Waals surface area contributed by atoms with Crippen LogP contribution in [0.15, 0.2) is 36.5 Å². The van der Waals surface area contributed by atoms with E-state index >= 15 is 0 Å². The van der Waals surface area contributed by atoms with Crippen LogP contribution in [0.3, 0.4) is 0 Å². The van der Waals surface area contributed by atoms with Crippen molar-refractivity contribution in [1.82, 2.24) is 9.88 Å². The first kappa shape index (κ1) is 13.2. The lowest BCUT2D eigenvalue weighted by Crippen LogP contribution is -2.27. The lowest BCUT2D eigenvalue weighted by Gasteiger charge is -2.17. The minimum atomic E-state index is -0.160. The van der Waals surface area contributed by atoms with Gasteiger partial charge in [-0.15, -0.1) is 0 Å². The van der Waals surface area contributed by atoms with Gasteiger partial charge < -0.3 is 20.1 Å². The SMILES string of the molecule is CN(Cc1ccc2c(c1)OCO2)C(=O)c1ccc(N)cn1. The van der Waals surface area contributed by atoms with E-state index in [9.17, 15) is 4.79 Å². The molecule has 6 nitrogen and oxygen atoms in total. The molecule has 1 aromatic heterocycles. The molecule has 0 atom stereocenters. The van der Waals surface area contributed by atoms with Crippen LogP contribution >= 0.6 is 0 Å². The Bertz CT molecular complexity index is 670. The standard InChI is InChI=1S/C15H15N3O3/c1-18(15(19)12-4-3-11(16)7-17-12)8-10-2-5-13-14(6-10)21-9-20-13/h2-7H,8-9,16H2,1H3. The van der Waals surface area contributed by atoms with Crippen LogP contribution in [0.5, 0.6) is 11.5 Å². The number of aromatic nitrogens is 1. The van der Waals surface area contributed by atoms with Gasteiger partial charge in [0, 0.05) is 13.6 Å². The van der Waals surface area contributed by atoms with Gasteiger partial charge in [0.15, 0.2) is 11.5 Å². The normalized spacial score (nSPS) is 12.2. The molecule has 0 radical (unpaired) electrons. The molecule has 6 heteroatoms. The van der Waals surface area contributed by atoms with Crippen LogP contribution in [-0.2, 0) is 6.54 Å². The molecule has 0 saturated heterocycles. The second-order valence-electron chi connectivity index (χ2n) is 4.83. The van der Waals surface area contributed by atoms with Crippen LogP contribution in [0.2, 0.25) is 0 Å². The first-order chi connectivity index (χ1) is 10.1. The average Bonchev–Trinajstić information content (AvgIpc) is 2.95. The van der Waals surface area contributed by atoms with E-state index in [1.807, 2.05) is 18.2 Å². The highest BCUT2D eigenvalue weighted by atomic mass is 16.7. The van der Waals surface area contributed by atoms with Gasteiger partial charge in [-0.3, -0.25) is 4.79 Å². The number of anilines is 1. The number of nitrogen functional groups attached to an aromatic ring is 1. The summed E-state index contributed by atoms with van der Waals surface area (Å²) in [5, 5.41) is 0. The third kappa shape index (κ3) is 2.74. The highest BCUT2D eigenvalue weighted by molar-refractivity contribution is 5.92. The number of carbonyl (C=O) groups excluding carboxylic acids is 1. The maximum atomic E-state index is 12.3. The Hall–Kier alpha value is -2.76. The Morgan fingerprint density at radius 2 is 2.10 bits per heavy atom. The second kappa shape index (κ2) is 5.32. The zero-order valence-electron chi connectivity index (χ0n) is 11.6. The van der Waals surface area contributed by atoms with Crippen LogP contribution in [0.4, 0.5) is 5.69 Å². The summed E-state index contributed by atoms with van der Waals surface area (Å²) < 4.78 is 10.6. The summed E-state index contributed by atoms with van der Waals surface area (Å²) in [5.41, 5.74) is 7.43. The first-order valence-electron chi connectivity index (χ1n) is 6.49. The van der Waals surface area contributed by atoms with Gasteiger partial charge in [-0.1, -0.05) is 6.07 Å². The van der Waals surface area contributed by atoms with Gasteiger partial charge in [0.2, 0.25) is 6.79 Å². The van der Waals surface area contributed by atoms with E-state index in [0.29, 0.717) is 23.7 Å². The van der Waals surface area contributed by atoms with E-state index < -0.39 is 0 Å². The summed E-state index contributed by atoms with van der Waals surface area (Å²) in [6.45, 7) is 0.699. The van der Waals surface area contributed by atoms with E-state index in [0.717, 1.165) is 11.3 Å². The average molecular weight is 285 g/mol. The van der Waals surface area contributed by atoms with Gasteiger partial charge in [0.1, 0.15) is 5.69 Å². The third-order valence-corrected chi connectivity index (χ3v) is 3.21. The molecule has 0 unspecified atom stereocenters. The molecule has 3 rings (SSSR count). The molecule has 0 aliphatic carbocycles. The fourth-order valence-electron chi connectivity index (χ4n) is 2.11. The van der Waals surface area contributed by atoms with Crippen molar-refractivity contribution in [2.75, 3.05) is 19.6 Å². The van der Waals surface area contributed by atoms with E-state index in [4.69, 9.17) is 15.2 Å². The van der Waals surface area contributed by atoms with Crippen molar-refractivity contribution in [2.24, 2.45) is 0 Å². The number of ether oxygens (including phenoxy) is 2. The van der Waals surface area contributed by atoms with Crippen molar-refractivity contribution < 1.29 is 14.3 Å². The quantitative estimate of drug-likeness (QED) is 0.928. The Morgan fingerprint density at radius 1 is 1.29 bits per heavy atom. The summed E-state index contributed by atoms with van der Waals surface area (Å²) in [6.07, 6.45) is 1.47. The van der Waals surface area contributed by atoms with Crippen LogP contribution in [0.25, 0.3) is 0 Å². The molecule has 2 aromatic rings. The molecule has 108 valence electrons. The molecule has 0 saturated carbocycles. The molecule has 0 fully saturated rings. The van der Waals surface area contributed by atoms with Crippen molar-refractivity contribution >= 4 is 11.6 Å². The summed E-state index contributed by atoms with van der Waals surface area (Å²) in [4.78, 5) is 17.9. The van der Waals surface area contributed by atoms with Gasteiger partial charge in [-0.2, -0.15) is 0 Å². The lowest BCUT2D eigenvalue weighted by atomic mass is 10.2. The number of pyridine rings is 1. The van der Waals surface area contributed by atoms with Crippen molar-refractivity contribution in [3.05, 3.63) is 47.8 Å². The maximum absolute atomic E-state index is 12.3. The van der Waals surface area contributed by atoms with Crippen LogP contribution in [-0.4, -0.2) is 29.6 Å². The predicted octanol–water partition coefficient (Wildman–Crippen LogP) is 1.66. The molecule has 1 aliphatic rings. The zero-order chi connectivity index (χ0) is 14.8. The maximum Gasteiger partial charge on any atom is 0.272 e. The molecular formula is C15H15N3O3. The number of hydrogen-bond acceptors (Lipinski definition) is 5. The monoisotopic (exact) mass is 285 g/mol. The smallest absolute Gasteiger partial charge is 0.272 e. The van der Waals surface area contributed by atoms with E-state index in [2.05, 4.69) is 4.98 Å². The van der Waals surface area contributed by atoms with Gasteiger partial charge in [0.25, 0.3) is 5.91 Å². The van der Waals surface area contributed by atoms with Crippen LogP contribution in [0.1, 0.15) is 16.1 Å². The Morgan fingerprint density at radius 3 is 2.86 bits per heavy atom. The van der Waals surface area contributed by atoms with E-state index in [1.165, 1.54) is 6.20 Å². The number of nitrogens with two attached hydrogens (primary N) is 1. The van der Waals surface area contributed by atoms with Gasteiger partial charge in [-0.25, -0.2) is 4.98 Å². The third-order valence-electron chi connectivity index (χ3n) is 3.21. The summed E-state index contributed by atoms with van der Waals surface area (Å²) in [7, 11) is 1.73. The van der Waals surface area contributed by atoms with E-state index in [-0.39, 0.29) is 12.7 Å². The Balaban J connectivity index is 1.72. The van der Waals surface area contributed by atoms with Crippen molar-refractivity contribution in [3.8, 4) is 11.5 Å². The van der Waals surface area contributed by atoms with Crippen LogP contribution < -0.4 is 15.2 Å². The largest absolute Gasteiger partial charge is 0.454 e. The van der Waals surface area contributed by atoms with Gasteiger partial charge >= 0.3 is 0 Å². The number of rotatable bonds is 3. The molecule has 1 aromatic carbocycles. The molecule has 2 heterocycles. The number of fused-ring (bicyclic) bond motifs is 1. The van der Waals surface area contributed by atoms with Crippen LogP contribution in [0, 0.1) is 0 Å². The molecule has 0 bridgehead atoms. The highest BCUT2D eigenvalue weighted by Crippen LogP contribution is 2.32. The first-order valence-corrected chi connectivity index (χ1v) is 6.49. The molecular weight excluding hydrogens is 270 g/mol. The number of amides is 1. The minimum absolute atomic E-state index is 0.160. The van der Waals surface area contributed by atoms with Crippen molar-refractivity contribution in [1.29, 1.82) is 0 Å². The molecule has 1 aliphatic heterocycles. The summed E-state index contributed by atoms with van der Waals surface area (Å²) in [6, 6.07) is 8.91. The zero-order valence-corrected chi connectivity index (χ0v) is 11.6. The highest BCUT2D eigenvalue weighted by Gasteiger charge is 2.16. The Kier molecular flexibility index (Phi) is 3.35.